The van der Waals surface area contributed by atoms with Gasteiger partial charge in [0.1, 0.15) is 5.75 Å². The van der Waals surface area contributed by atoms with Crippen molar-refractivity contribution in [2.45, 2.75) is 19.1 Å². The first-order valence-corrected chi connectivity index (χ1v) is 7.10. The molecule has 3 nitrogen and oxygen atoms in total. The molecule has 0 heterocycles. The van der Waals surface area contributed by atoms with E-state index in [1.54, 1.807) is 7.11 Å². The summed E-state index contributed by atoms with van der Waals surface area (Å²) in [6.07, 6.45) is 0. The fraction of sp³-hybridized carbons (Fsp3) is 0.333. The third-order valence-electron chi connectivity index (χ3n) is 3.56. The number of nitrogens with zero attached hydrogens (tertiary/aromatic N) is 1. The summed E-state index contributed by atoms with van der Waals surface area (Å²) in [4.78, 5) is 2.11. The van der Waals surface area contributed by atoms with Crippen molar-refractivity contribution in [3.8, 4) is 5.75 Å². The van der Waals surface area contributed by atoms with Gasteiger partial charge in [0.15, 0.2) is 0 Å². The smallest absolute Gasteiger partial charge is 0.119 e. The molecule has 112 valence electrons. The second kappa shape index (κ2) is 6.74. The van der Waals surface area contributed by atoms with Gasteiger partial charge in [0.05, 0.1) is 12.7 Å². The Morgan fingerprint density at radius 2 is 1.81 bits per heavy atom. The van der Waals surface area contributed by atoms with E-state index >= 15 is 0 Å². The summed E-state index contributed by atoms with van der Waals surface area (Å²) < 4.78 is 5.24. The molecule has 0 saturated carbocycles. The topological polar surface area (TPSA) is 32.7 Å². The van der Waals surface area contributed by atoms with Gasteiger partial charge in [-0.3, -0.25) is 4.90 Å². The van der Waals surface area contributed by atoms with Gasteiger partial charge in [-0.1, -0.05) is 42.5 Å². The number of aliphatic hydroxyl groups is 1. The highest BCUT2D eigenvalue weighted by atomic mass is 16.5. The van der Waals surface area contributed by atoms with Gasteiger partial charge >= 0.3 is 0 Å². The first kappa shape index (κ1) is 15.5. The number of benzene rings is 2. The van der Waals surface area contributed by atoms with Crippen molar-refractivity contribution in [3.63, 3.8) is 0 Å². The molecule has 2 rings (SSSR count). The summed E-state index contributed by atoms with van der Waals surface area (Å²) in [5, 5.41) is 10.7. The summed E-state index contributed by atoms with van der Waals surface area (Å²) in [6, 6.07) is 17.8. The molecule has 1 N–H and O–H groups in total. The minimum absolute atomic E-state index is 0.564. The molecule has 0 fully saturated rings. The van der Waals surface area contributed by atoms with Gasteiger partial charge in [0, 0.05) is 13.1 Å². The van der Waals surface area contributed by atoms with E-state index in [0.29, 0.717) is 6.54 Å². The zero-order valence-electron chi connectivity index (χ0n) is 12.9. The lowest BCUT2D eigenvalue weighted by Crippen LogP contribution is -2.36. The van der Waals surface area contributed by atoms with Crippen LogP contribution in [0.5, 0.6) is 5.75 Å². The van der Waals surface area contributed by atoms with E-state index in [4.69, 9.17) is 4.74 Å². The molecule has 0 aliphatic rings. The molecule has 0 saturated heterocycles. The summed E-state index contributed by atoms with van der Waals surface area (Å²) in [5.74, 6) is 0.857. The molecule has 0 amide bonds. The monoisotopic (exact) mass is 285 g/mol. The van der Waals surface area contributed by atoms with Gasteiger partial charge in [0.2, 0.25) is 0 Å². The third kappa shape index (κ3) is 4.31. The third-order valence-corrected chi connectivity index (χ3v) is 3.56. The highest BCUT2D eigenvalue weighted by molar-refractivity contribution is 5.28. The second-order valence-electron chi connectivity index (χ2n) is 5.66. The van der Waals surface area contributed by atoms with Crippen LogP contribution >= 0.6 is 0 Å². The molecule has 21 heavy (non-hydrogen) atoms. The maximum Gasteiger partial charge on any atom is 0.119 e. The maximum absolute atomic E-state index is 10.7. The summed E-state index contributed by atoms with van der Waals surface area (Å²) in [6.45, 7) is 3.18. The zero-order valence-corrected chi connectivity index (χ0v) is 12.9. The minimum Gasteiger partial charge on any atom is -0.497 e. The molecule has 0 radical (unpaired) electrons. The van der Waals surface area contributed by atoms with E-state index in [2.05, 4.69) is 11.0 Å². The predicted octanol–water partition coefficient (Wildman–Crippen LogP) is 3.03. The van der Waals surface area contributed by atoms with Crippen molar-refractivity contribution in [3.05, 3.63) is 65.7 Å². The summed E-state index contributed by atoms with van der Waals surface area (Å²) >= 11 is 0. The van der Waals surface area contributed by atoms with Crippen LogP contribution in [0.15, 0.2) is 54.6 Å². The molecule has 0 spiro atoms. The van der Waals surface area contributed by atoms with Crippen LogP contribution in [-0.4, -0.2) is 30.7 Å². The highest BCUT2D eigenvalue weighted by Gasteiger charge is 2.24. The van der Waals surface area contributed by atoms with Gasteiger partial charge in [-0.25, -0.2) is 0 Å². The van der Waals surface area contributed by atoms with Crippen molar-refractivity contribution in [2.75, 3.05) is 20.7 Å². The maximum atomic E-state index is 10.7. The van der Waals surface area contributed by atoms with E-state index in [1.807, 2.05) is 62.5 Å². The molecule has 2 aromatic rings. The molecular formula is C18H23NO2. The molecule has 0 aromatic heterocycles. The van der Waals surface area contributed by atoms with Crippen LogP contribution in [0.1, 0.15) is 18.1 Å². The van der Waals surface area contributed by atoms with E-state index < -0.39 is 5.60 Å². The van der Waals surface area contributed by atoms with Crippen molar-refractivity contribution in [1.82, 2.24) is 4.90 Å². The standard InChI is InChI=1S/C18H23NO2/c1-18(20,16-9-5-4-6-10-16)14-19(2)13-15-8-7-11-17(12-15)21-3/h4-12,20H,13-14H2,1-3H3. The van der Waals surface area contributed by atoms with Crippen molar-refractivity contribution in [1.29, 1.82) is 0 Å². The van der Waals surface area contributed by atoms with Crippen LogP contribution in [0.2, 0.25) is 0 Å². The predicted molar refractivity (Wildman–Crippen MR) is 85.3 cm³/mol. The Morgan fingerprint density at radius 3 is 2.48 bits per heavy atom. The quantitative estimate of drug-likeness (QED) is 0.885. The lowest BCUT2D eigenvalue weighted by molar-refractivity contribution is 0.0214. The fourth-order valence-corrected chi connectivity index (χ4v) is 2.55. The van der Waals surface area contributed by atoms with E-state index in [-0.39, 0.29) is 0 Å². The van der Waals surface area contributed by atoms with Gasteiger partial charge in [-0.05, 0) is 37.2 Å². The Morgan fingerprint density at radius 1 is 1.10 bits per heavy atom. The van der Waals surface area contributed by atoms with Crippen molar-refractivity contribution < 1.29 is 9.84 Å². The lowest BCUT2D eigenvalue weighted by Gasteiger charge is -2.29. The second-order valence-corrected chi connectivity index (χ2v) is 5.66. The molecule has 0 aliphatic carbocycles. The molecule has 2 aromatic carbocycles. The Labute approximate surface area is 126 Å². The molecule has 3 heteroatoms. The number of methoxy groups -OCH3 is 1. The van der Waals surface area contributed by atoms with E-state index in [0.717, 1.165) is 17.9 Å². The first-order valence-electron chi connectivity index (χ1n) is 7.10. The average Bonchev–Trinajstić information content (AvgIpc) is 2.47. The minimum atomic E-state index is -0.866. The first-order chi connectivity index (χ1) is 10.0. The molecule has 0 bridgehead atoms. The van der Waals surface area contributed by atoms with Crippen LogP contribution in [0.4, 0.5) is 0 Å². The summed E-state index contributed by atoms with van der Waals surface area (Å²) in [5.41, 5.74) is 1.23. The number of hydrogen-bond acceptors (Lipinski definition) is 3. The molecule has 0 aliphatic heterocycles. The van der Waals surface area contributed by atoms with Crippen LogP contribution in [0, 0.1) is 0 Å². The number of hydrogen-bond donors (Lipinski definition) is 1. The van der Waals surface area contributed by atoms with Gasteiger partial charge in [-0.2, -0.15) is 0 Å². The Balaban J connectivity index is 2.02. The Bertz CT molecular complexity index is 566. The fourth-order valence-electron chi connectivity index (χ4n) is 2.55. The Hall–Kier alpha value is -1.84. The van der Waals surface area contributed by atoms with E-state index in [9.17, 15) is 5.11 Å². The van der Waals surface area contributed by atoms with Gasteiger partial charge in [0.25, 0.3) is 0 Å². The number of likely N-dealkylation sites (N-methyl/N-ethyl adjacent to an activating group) is 1. The van der Waals surface area contributed by atoms with Crippen LogP contribution in [0.3, 0.4) is 0 Å². The molecular weight excluding hydrogens is 262 g/mol. The number of rotatable bonds is 6. The normalized spacial score (nSPS) is 14.0. The van der Waals surface area contributed by atoms with Crippen molar-refractivity contribution >= 4 is 0 Å². The van der Waals surface area contributed by atoms with Gasteiger partial charge in [-0.15, -0.1) is 0 Å². The largest absolute Gasteiger partial charge is 0.497 e. The van der Waals surface area contributed by atoms with Gasteiger partial charge < -0.3 is 9.84 Å². The van der Waals surface area contributed by atoms with Crippen LogP contribution in [0.25, 0.3) is 0 Å². The molecule has 1 unspecified atom stereocenters. The van der Waals surface area contributed by atoms with Crippen molar-refractivity contribution in [2.24, 2.45) is 0 Å². The Kier molecular flexibility index (Phi) is 4.99. The van der Waals surface area contributed by atoms with E-state index in [1.165, 1.54) is 5.56 Å². The number of ether oxygens (including phenoxy) is 1. The average molecular weight is 285 g/mol. The summed E-state index contributed by atoms with van der Waals surface area (Å²) in [7, 11) is 3.68. The molecule has 1 atom stereocenters. The lowest BCUT2D eigenvalue weighted by atomic mass is 9.95. The van der Waals surface area contributed by atoms with Crippen LogP contribution < -0.4 is 4.74 Å². The van der Waals surface area contributed by atoms with Crippen LogP contribution in [-0.2, 0) is 12.1 Å². The zero-order chi connectivity index (χ0) is 15.3. The highest BCUT2D eigenvalue weighted by Crippen LogP contribution is 2.22. The SMILES string of the molecule is COc1cccc(CN(C)CC(C)(O)c2ccccc2)c1.